The molecular weight excluding hydrogens is 324 g/mol. The minimum absolute atomic E-state index is 0.143. The summed E-state index contributed by atoms with van der Waals surface area (Å²) >= 11 is 1.67. The predicted molar refractivity (Wildman–Crippen MR) is 95.9 cm³/mol. The lowest BCUT2D eigenvalue weighted by molar-refractivity contribution is 0.524. The molecule has 0 unspecified atom stereocenters. The summed E-state index contributed by atoms with van der Waals surface area (Å²) in [6, 6.07) is 2.34. The number of aromatic nitrogens is 4. The van der Waals surface area contributed by atoms with Crippen LogP contribution < -0.4 is 15.8 Å². The van der Waals surface area contributed by atoms with Crippen LogP contribution in [0, 0.1) is 6.92 Å². The van der Waals surface area contributed by atoms with Crippen LogP contribution in [-0.2, 0) is 0 Å². The molecule has 0 aliphatic carbocycles. The second-order valence-electron chi connectivity index (χ2n) is 5.97. The van der Waals surface area contributed by atoms with E-state index in [9.17, 15) is 4.79 Å². The zero-order valence-corrected chi connectivity index (χ0v) is 14.1. The molecule has 0 aromatic carbocycles. The smallest absolute Gasteiger partial charge is 0.290 e. The highest BCUT2D eigenvalue weighted by Gasteiger charge is 2.23. The summed E-state index contributed by atoms with van der Waals surface area (Å²) < 4.78 is 0. The van der Waals surface area contributed by atoms with E-state index < -0.39 is 0 Å². The quantitative estimate of drug-likeness (QED) is 0.758. The molecule has 1 aliphatic heterocycles. The Balaban J connectivity index is 1.56. The third-order valence-electron chi connectivity index (χ3n) is 4.20. The van der Waals surface area contributed by atoms with Crippen molar-refractivity contribution in [3.05, 3.63) is 40.0 Å². The van der Waals surface area contributed by atoms with Gasteiger partial charge in [-0.15, -0.1) is 11.3 Å². The Kier molecular flexibility index (Phi) is 3.89. The van der Waals surface area contributed by atoms with Gasteiger partial charge >= 0.3 is 0 Å². The first-order chi connectivity index (χ1) is 11.7. The summed E-state index contributed by atoms with van der Waals surface area (Å²) in [6.07, 6.45) is 6.82. The minimum atomic E-state index is -0.143. The van der Waals surface area contributed by atoms with E-state index in [1.807, 2.05) is 4.90 Å². The molecular formula is C16H18N6OS. The van der Waals surface area contributed by atoms with Crippen LogP contribution in [0.5, 0.6) is 0 Å². The number of hydrogen-bond acceptors (Lipinski definition) is 7. The van der Waals surface area contributed by atoms with Gasteiger partial charge in [0.15, 0.2) is 5.82 Å². The van der Waals surface area contributed by atoms with Crippen molar-refractivity contribution in [2.45, 2.75) is 25.8 Å². The average molecular weight is 342 g/mol. The Morgan fingerprint density at radius 1 is 1.38 bits per heavy atom. The third-order valence-corrected chi connectivity index (χ3v) is 5.16. The van der Waals surface area contributed by atoms with Gasteiger partial charge in [0.1, 0.15) is 17.0 Å². The summed E-state index contributed by atoms with van der Waals surface area (Å²) in [6.45, 7) is 3.65. The molecule has 7 nitrogen and oxygen atoms in total. The summed E-state index contributed by atoms with van der Waals surface area (Å²) in [5.74, 6) is 1.36. The van der Waals surface area contributed by atoms with Crippen molar-refractivity contribution in [1.82, 2.24) is 19.9 Å². The molecule has 2 N–H and O–H groups in total. The first kappa shape index (κ1) is 15.1. The molecule has 0 bridgehead atoms. The molecule has 1 saturated heterocycles. The second-order valence-corrected chi connectivity index (χ2v) is 7.20. The van der Waals surface area contributed by atoms with Crippen molar-refractivity contribution in [2.75, 3.05) is 23.3 Å². The highest BCUT2D eigenvalue weighted by molar-refractivity contribution is 7.18. The zero-order chi connectivity index (χ0) is 16.5. The predicted octanol–water partition coefficient (Wildman–Crippen LogP) is 2.16. The Bertz CT molecular complexity index is 920. The van der Waals surface area contributed by atoms with Crippen LogP contribution in [0.4, 0.5) is 11.6 Å². The van der Waals surface area contributed by atoms with Gasteiger partial charge in [-0.05, 0) is 25.8 Å². The van der Waals surface area contributed by atoms with Crippen molar-refractivity contribution in [2.24, 2.45) is 0 Å². The number of H-pyrrole nitrogens is 1. The van der Waals surface area contributed by atoms with E-state index >= 15 is 0 Å². The van der Waals surface area contributed by atoms with Crippen molar-refractivity contribution in [1.29, 1.82) is 0 Å². The number of nitrogens with zero attached hydrogens (tertiary/aromatic N) is 4. The van der Waals surface area contributed by atoms with Gasteiger partial charge in [0.05, 0.1) is 5.39 Å². The first-order valence-electron chi connectivity index (χ1n) is 7.97. The highest BCUT2D eigenvalue weighted by Crippen LogP contribution is 2.28. The van der Waals surface area contributed by atoms with Crippen LogP contribution in [0.15, 0.2) is 29.6 Å². The molecule has 1 aliphatic rings. The van der Waals surface area contributed by atoms with Crippen molar-refractivity contribution in [3.8, 4) is 0 Å². The van der Waals surface area contributed by atoms with Gasteiger partial charge in [0, 0.05) is 36.4 Å². The fourth-order valence-corrected chi connectivity index (χ4v) is 3.99. The highest BCUT2D eigenvalue weighted by atomic mass is 32.1. The van der Waals surface area contributed by atoms with Gasteiger partial charge in [-0.25, -0.2) is 15.0 Å². The Morgan fingerprint density at radius 3 is 3.17 bits per heavy atom. The second kappa shape index (κ2) is 6.20. The maximum absolute atomic E-state index is 12.0. The zero-order valence-electron chi connectivity index (χ0n) is 13.3. The number of fused-ring (bicyclic) bond motifs is 1. The molecule has 0 radical (unpaired) electrons. The van der Waals surface area contributed by atoms with E-state index in [-0.39, 0.29) is 11.6 Å². The summed E-state index contributed by atoms with van der Waals surface area (Å²) in [4.78, 5) is 31.9. The van der Waals surface area contributed by atoms with Crippen LogP contribution in [0.1, 0.15) is 17.7 Å². The van der Waals surface area contributed by atoms with Gasteiger partial charge in [0.2, 0.25) is 0 Å². The molecule has 1 atom stereocenters. The molecule has 1 fully saturated rings. The lowest BCUT2D eigenvalue weighted by Gasteiger charge is -2.33. The molecule has 4 rings (SSSR count). The molecule has 0 saturated carbocycles. The number of hydrogen-bond donors (Lipinski definition) is 2. The van der Waals surface area contributed by atoms with E-state index in [1.54, 1.807) is 30.1 Å². The summed E-state index contributed by atoms with van der Waals surface area (Å²) in [7, 11) is 0. The molecule has 3 aromatic rings. The van der Waals surface area contributed by atoms with E-state index in [0.717, 1.165) is 42.0 Å². The van der Waals surface area contributed by atoms with Crippen LogP contribution >= 0.6 is 11.3 Å². The van der Waals surface area contributed by atoms with Gasteiger partial charge < -0.3 is 15.2 Å². The topological polar surface area (TPSA) is 86.8 Å². The van der Waals surface area contributed by atoms with Crippen LogP contribution in [0.2, 0.25) is 0 Å². The minimum Gasteiger partial charge on any atom is -0.365 e. The third kappa shape index (κ3) is 2.84. The number of anilines is 2. The van der Waals surface area contributed by atoms with E-state index in [4.69, 9.17) is 0 Å². The fraction of sp³-hybridized carbons (Fsp3) is 0.375. The molecule has 0 amide bonds. The summed E-state index contributed by atoms with van der Waals surface area (Å²) in [5.41, 5.74) is -0.143. The summed E-state index contributed by atoms with van der Waals surface area (Å²) in [5, 5.41) is 4.59. The van der Waals surface area contributed by atoms with Crippen LogP contribution in [0.3, 0.4) is 0 Å². The SMILES string of the molecule is Cc1cc2c(N[C@H]3CCCN(c4ncc[nH]c4=O)C3)ncnc2s1. The molecule has 4 heterocycles. The van der Waals surface area contributed by atoms with Crippen molar-refractivity contribution >= 4 is 33.2 Å². The first-order valence-corrected chi connectivity index (χ1v) is 8.78. The lowest BCUT2D eigenvalue weighted by atomic mass is 10.1. The Hall–Kier alpha value is -2.48. The number of rotatable bonds is 3. The van der Waals surface area contributed by atoms with Crippen molar-refractivity contribution < 1.29 is 0 Å². The largest absolute Gasteiger partial charge is 0.365 e. The number of piperidine rings is 1. The number of thiophene rings is 1. The van der Waals surface area contributed by atoms with Crippen molar-refractivity contribution in [3.63, 3.8) is 0 Å². The Labute approximate surface area is 142 Å². The van der Waals surface area contributed by atoms with Crippen LogP contribution in [0.25, 0.3) is 10.2 Å². The van der Waals surface area contributed by atoms with Gasteiger partial charge in [-0.3, -0.25) is 4.79 Å². The van der Waals surface area contributed by atoms with Crippen LogP contribution in [-0.4, -0.2) is 39.1 Å². The number of aryl methyl sites for hydroxylation is 1. The molecule has 0 spiro atoms. The van der Waals surface area contributed by atoms with Gasteiger partial charge in [-0.1, -0.05) is 0 Å². The monoisotopic (exact) mass is 342 g/mol. The standard InChI is InChI=1S/C16H18N6OS/c1-10-7-12-13(19-9-20-16(12)24-10)21-11-3-2-6-22(8-11)14-15(23)18-5-4-17-14/h4-5,7,9,11H,2-3,6,8H2,1H3,(H,18,23)(H,19,20,21)/t11-/m0/s1. The fourth-order valence-electron chi connectivity index (χ4n) is 3.14. The molecule has 124 valence electrons. The maximum Gasteiger partial charge on any atom is 0.290 e. The normalized spacial score (nSPS) is 18.0. The molecule has 8 heteroatoms. The van der Waals surface area contributed by atoms with E-state index in [0.29, 0.717) is 5.82 Å². The number of nitrogens with one attached hydrogen (secondary N) is 2. The maximum atomic E-state index is 12.0. The van der Waals surface area contributed by atoms with E-state index in [1.165, 1.54) is 4.88 Å². The molecule has 24 heavy (non-hydrogen) atoms. The van der Waals surface area contributed by atoms with E-state index in [2.05, 4.69) is 38.2 Å². The van der Waals surface area contributed by atoms with Gasteiger partial charge in [0.25, 0.3) is 5.56 Å². The average Bonchev–Trinajstić information content (AvgIpc) is 2.97. The number of aromatic amines is 1. The molecule has 3 aromatic heterocycles. The Morgan fingerprint density at radius 2 is 2.29 bits per heavy atom. The lowest BCUT2D eigenvalue weighted by Crippen LogP contribution is -2.44. The van der Waals surface area contributed by atoms with Gasteiger partial charge in [-0.2, -0.15) is 0 Å².